The number of nitrogens with zero attached hydrogens (tertiary/aromatic N) is 2. The highest BCUT2D eigenvalue weighted by Crippen LogP contribution is 2.29. The number of sulfone groups is 1. The number of Topliss-reactive ketones (excluding diaryl/α,β-unsaturated/α-hetero) is 1. The topological polar surface area (TPSA) is 74.8 Å². The highest BCUT2D eigenvalue weighted by atomic mass is 35.5. The van der Waals surface area contributed by atoms with Crippen molar-refractivity contribution in [3.63, 3.8) is 0 Å². The standard InChI is InChI=1S/C25H37ClN2O4S/c1-18-16-27(9-10-28(18)25(30)12-20-6-4-5-7-20)17-22-14-23(26)13-21(19(22)2)15-24(29)8-11-33(3,31)32/h13-14,18,20H,4-12,15-17H2,1-3H3/t18-/m0/s1. The highest BCUT2D eigenvalue weighted by Gasteiger charge is 2.29. The van der Waals surface area contributed by atoms with E-state index in [0.717, 1.165) is 42.6 Å². The van der Waals surface area contributed by atoms with Gasteiger partial charge in [0.2, 0.25) is 5.91 Å². The number of benzene rings is 1. The van der Waals surface area contributed by atoms with Crippen molar-refractivity contribution in [3.8, 4) is 0 Å². The number of piperazine rings is 1. The molecule has 1 saturated heterocycles. The summed E-state index contributed by atoms with van der Waals surface area (Å²) >= 11 is 6.37. The third-order valence-electron chi connectivity index (χ3n) is 7.09. The molecule has 1 aliphatic carbocycles. The van der Waals surface area contributed by atoms with Gasteiger partial charge in [0.25, 0.3) is 0 Å². The molecule has 1 aromatic carbocycles. The van der Waals surface area contributed by atoms with Crippen LogP contribution < -0.4 is 0 Å². The Morgan fingerprint density at radius 1 is 1.12 bits per heavy atom. The Labute approximate surface area is 203 Å². The van der Waals surface area contributed by atoms with E-state index in [9.17, 15) is 18.0 Å². The Morgan fingerprint density at radius 2 is 1.79 bits per heavy atom. The smallest absolute Gasteiger partial charge is 0.223 e. The van der Waals surface area contributed by atoms with Crippen molar-refractivity contribution in [2.24, 2.45) is 5.92 Å². The van der Waals surface area contributed by atoms with Gasteiger partial charge in [-0.2, -0.15) is 0 Å². The number of hydrogen-bond donors (Lipinski definition) is 0. The fourth-order valence-electron chi connectivity index (χ4n) is 5.11. The average molecular weight is 497 g/mol. The van der Waals surface area contributed by atoms with E-state index in [1.54, 1.807) is 6.07 Å². The van der Waals surface area contributed by atoms with E-state index in [4.69, 9.17) is 11.6 Å². The second-order valence-electron chi connectivity index (χ2n) is 9.97. The van der Waals surface area contributed by atoms with Crippen LogP contribution in [0.4, 0.5) is 0 Å². The zero-order valence-corrected chi connectivity index (χ0v) is 21.7. The maximum atomic E-state index is 12.8. The Hall–Kier alpha value is -1.44. The highest BCUT2D eigenvalue weighted by molar-refractivity contribution is 7.90. The number of hydrogen-bond acceptors (Lipinski definition) is 5. The lowest BCUT2D eigenvalue weighted by Gasteiger charge is -2.40. The van der Waals surface area contributed by atoms with E-state index in [1.165, 1.54) is 25.7 Å². The molecule has 1 amide bonds. The number of ketones is 1. The predicted octanol–water partition coefficient (Wildman–Crippen LogP) is 3.81. The number of halogens is 1. The molecular weight excluding hydrogens is 460 g/mol. The zero-order chi connectivity index (χ0) is 24.2. The summed E-state index contributed by atoms with van der Waals surface area (Å²) in [6.45, 7) is 7.19. The third kappa shape index (κ3) is 7.79. The van der Waals surface area contributed by atoms with Crippen molar-refractivity contribution in [1.82, 2.24) is 9.80 Å². The second kappa shape index (κ2) is 11.3. The summed E-state index contributed by atoms with van der Waals surface area (Å²) in [6, 6.07) is 3.93. The number of carbonyl (C=O) groups excluding carboxylic acids is 2. The van der Waals surface area contributed by atoms with Crippen molar-refractivity contribution in [3.05, 3.63) is 33.8 Å². The molecule has 33 heavy (non-hydrogen) atoms. The lowest BCUT2D eigenvalue weighted by molar-refractivity contribution is -0.136. The first-order chi connectivity index (χ1) is 15.5. The minimum Gasteiger partial charge on any atom is -0.337 e. The van der Waals surface area contributed by atoms with Gasteiger partial charge in [-0.3, -0.25) is 14.5 Å². The molecule has 0 spiro atoms. The monoisotopic (exact) mass is 496 g/mol. The Kier molecular flexibility index (Phi) is 8.98. The van der Waals surface area contributed by atoms with Gasteiger partial charge in [-0.25, -0.2) is 8.42 Å². The van der Waals surface area contributed by atoms with Crippen LogP contribution in [0, 0.1) is 12.8 Å². The fourth-order valence-corrected chi connectivity index (χ4v) is 5.97. The van der Waals surface area contributed by atoms with Crippen molar-refractivity contribution in [2.45, 2.75) is 71.4 Å². The van der Waals surface area contributed by atoms with Crippen LogP contribution in [0.1, 0.15) is 62.1 Å². The van der Waals surface area contributed by atoms with Gasteiger partial charge in [-0.05, 0) is 61.4 Å². The predicted molar refractivity (Wildman–Crippen MR) is 132 cm³/mol. The molecule has 0 unspecified atom stereocenters. The van der Waals surface area contributed by atoms with Crippen LogP contribution >= 0.6 is 11.6 Å². The zero-order valence-electron chi connectivity index (χ0n) is 20.1. The van der Waals surface area contributed by atoms with Gasteiger partial charge in [0.15, 0.2) is 0 Å². The maximum Gasteiger partial charge on any atom is 0.223 e. The summed E-state index contributed by atoms with van der Waals surface area (Å²) in [4.78, 5) is 29.5. The van der Waals surface area contributed by atoms with Gasteiger partial charge in [0.1, 0.15) is 15.6 Å². The number of rotatable bonds is 9. The van der Waals surface area contributed by atoms with Gasteiger partial charge in [-0.1, -0.05) is 24.4 Å². The lowest BCUT2D eigenvalue weighted by Crippen LogP contribution is -2.53. The Bertz CT molecular complexity index is 973. The molecule has 0 bridgehead atoms. The van der Waals surface area contributed by atoms with Crippen LogP contribution in [-0.4, -0.2) is 67.6 Å². The third-order valence-corrected chi connectivity index (χ3v) is 8.25. The quantitative estimate of drug-likeness (QED) is 0.519. The van der Waals surface area contributed by atoms with E-state index in [-0.39, 0.29) is 30.4 Å². The van der Waals surface area contributed by atoms with E-state index >= 15 is 0 Å². The van der Waals surface area contributed by atoms with Gasteiger partial charge < -0.3 is 4.90 Å². The molecule has 0 aromatic heterocycles. The molecule has 0 radical (unpaired) electrons. The first-order valence-corrected chi connectivity index (χ1v) is 14.4. The minimum atomic E-state index is -3.16. The van der Waals surface area contributed by atoms with Crippen LogP contribution in [0.15, 0.2) is 12.1 Å². The Morgan fingerprint density at radius 3 is 2.42 bits per heavy atom. The molecule has 1 aromatic rings. The molecule has 8 heteroatoms. The second-order valence-corrected chi connectivity index (χ2v) is 12.7. The molecule has 1 saturated carbocycles. The van der Waals surface area contributed by atoms with Crippen molar-refractivity contribution >= 4 is 33.1 Å². The summed E-state index contributed by atoms with van der Waals surface area (Å²) in [5.41, 5.74) is 2.96. The van der Waals surface area contributed by atoms with Crippen molar-refractivity contribution in [1.29, 1.82) is 0 Å². The van der Waals surface area contributed by atoms with E-state index in [0.29, 0.717) is 29.8 Å². The van der Waals surface area contributed by atoms with Gasteiger partial charge in [0.05, 0.1) is 5.75 Å². The van der Waals surface area contributed by atoms with E-state index < -0.39 is 9.84 Å². The summed E-state index contributed by atoms with van der Waals surface area (Å²) < 4.78 is 22.7. The molecule has 1 heterocycles. The van der Waals surface area contributed by atoms with Crippen LogP contribution in [-0.2, 0) is 32.4 Å². The van der Waals surface area contributed by atoms with Crippen LogP contribution in [0.5, 0.6) is 0 Å². The average Bonchev–Trinajstić information content (AvgIpc) is 3.22. The maximum absolute atomic E-state index is 12.8. The summed E-state index contributed by atoms with van der Waals surface area (Å²) in [5, 5.41) is 0.583. The first kappa shape index (κ1) is 26.2. The largest absolute Gasteiger partial charge is 0.337 e. The van der Waals surface area contributed by atoms with E-state index in [2.05, 4.69) is 11.8 Å². The lowest BCUT2D eigenvalue weighted by atomic mass is 9.97. The Balaban J connectivity index is 1.59. The summed E-state index contributed by atoms with van der Waals surface area (Å²) in [7, 11) is -3.16. The molecule has 184 valence electrons. The van der Waals surface area contributed by atoms with Crippen LogP contribution in [0.3, 0.4) is 0 Å². The van der Waals surface area contributed by atoms with Gasteiger partial charge in [-0.15, -0.1) is 0 Å². The fraction of sp³-hybridized carbons (Fsp3) is 0.680. The van der Waals surface area contributed by atoms with Gasteiger partial charge in [0, 0.05) is 62.8 Å². The SMILES string of the molecule is Cc1c(CC(=O)CCS(C)(=O)=O)cc(Cl)cc1CN1CCN(C(=O)CC2CCCC2)[C@@H](C)C1. The molecule has 2 aliphatic rings. The molecule has 6 nitrogen and oxygen atoms in total. The minimum absolute atomic E-state index is 0.0223. The first-order valence-electron chi connectivity index (χ1n) is 12.0. The molecule has 1 atom stereocenters. The van der Waals surface area contributed by atoms with E-state index in [1.807, 2.05) is 17.9 Å². The van der Waals surface area contributed by atoms with Crippen molar-refractivity contribution < 1.29 is 18.0 Å². The van der Waals surface area contributed by atoms with Crippen molar-refractivity contribution in [2.75, 3.05) is 31.6 Å². The van der Waals surface area contributed by atoms with Gasteiger partial charge >= 0.3 is 0 Å². The summed E-state index contributed by atoms with van der Waals surface area (Å²) in [6.07, 6.45) is 6.93. The normalized spacial score (nSPS) is 20.4. The molecule has 0 N–H and O–H groups in total. The molecule has 1 aliphatic heterocycles. The molecule has 3 rings (SSSR count). The number of amides is 1. The van der Waals surface area contributed by atoms with Crippen LogP contribution in [0.2, 0.25) is 5.02 Å². The van der Waals surface area contributed by atoms with Crippen LogP contribution in [0.25, 0.3) is 0 Å². The molecule has 2 fully saturated rings. The summed E-state index contributed by atoms with van der Waals surface area (Å²) in [5.74, 6) is 0.637. The number of carbonyl (C=O) groups is 2. The molecular formula is C25H37ClN2O4S.